The van der Waals surface area contributed by atoms with Crippen LogP contribution in [0, 0.1) is 13.8 Å². The summed E-state index contributed by atoms with van der Waals surface area (Å²) in [5.41, 5.74) is 6.04. The zero-order valence-electron chi connectivity index (χ0n) is 21.0. The smallest absolute Gasteiger partial charge is 0.257 e. The van der Waals surface area contributed by atoms with Gasteiger partial charge in [0, 0.05) is 5.56 Å². The van der Waals surface area contributed by atoms with Crippen LogP contribution in [0.5, 0.6) is 11.5 Å². The van der Waals surface area contributed by atoms with Crippen LogP contribution in [0.3, 0.4) is 0 Å². The third kappa shape index (κ3) is 8.24. The molecule has 0 aliphatic rings. The molecule has 0 aliphatic carbocycles. The highest BCUT2D eigenvalue weighted by molar-refractivity contribution is 7.15. The summed E-state index contributed by atoms with van der Waals surface area (Å²) in [5.74, 6) is 0.889. The molecule has 0 fully saturated rings. The van der Waals surface area contributed by atoms with Crippen molar-refractivity contribution in [1.29, 1.82) is 0 Å². The fourth-order valence-corrected chi connectivity index (χ4v) is 3.94. The van der Waals surface area contributed by atoms with Gasteiger partial charge in [0.05, 0.1) is 12.6 Å². The normalized spacial score (nSPS) is 10.8. The van der Waals surface area contributed by atoms with E-state index in [0.29, 0.717) is 34.7 Å². The highest BCUT2D eigenvalue weighted by atomic mass is 32.1. The largest absolute Gasteiger partial charge is 0.490 e. The molecule has 9 nitrogen and oxygen atoms in total. The fourth-order valence-electron chi connectivity index (χ4n) is 3.21. The van der Waals surface area contributed by atoms with E-state index in [-0.39, 0.29) is 18.2 Å². The van der Waals surface area contributed by atoms with E-state index in [9.17, 15) is 9.59 Å². The molecule has 1 aromatic heterocycles. The monoisotopic (exact) mass is 529 g/mol. The maximum Gasteiger partial charge on any atom is 0.257 e. The average molecular weight is 530 g/mol. The van der Waals surface area contributed by atoms with Gasteiger partial charge >= 0.3 is 0 Å². The number of nitrogens with zero attached hydrogens (tertiary/aromatic N) is 3. The zero-order chi connectivity index (χ0) is 26.7. The van der Waals surface area contributed by atoms with Crippen LogP contribution in [0.25, 0.3) is 0 Å². The summed E-state index contributed by atoms with van der Waals surface area (Å²) in [5, 5.41) is 15.4. The Morgan fingerprint density at radius 2 is 1.42 bits per heavy atom. The number of carbonyl (C=O) groups excluding carboxylic acids is 2. The Hall–Kier alpha value is -4.57. The number of ether oxygens (including phenoxy) is 2. The summed E-state index contributed by atoms with van der Waals surface area (Å²) in [7, 11) is 0. The number of hydrogen-bond acceptors (Lipinski definition) is 8. The molecule has 0 unspecified atom stereocenters. The van der Waals surface area contributed by atoms with Crippen molar-refractivity contribution in [2.45, 2.75) is 20.3 Å². The molecule has 4 aromatic rings. The summed E-state index contributed by atoms with van der Waals surface area (Å²) >= 11 is 1.14. The Balaban J connectivity index is 1.16. The molecule has 4 rings (SSSR count). The topological polar surface area (TPSA) is 115 Å². The van der Waals surface area contributed by atoms with Crippen molar-refractivity contribution < 1.29 is 19.1 Å². The minimum atomic E-state index is -0.345. The number of aromatic nitrogens is 2. The highest BCUT2D eigenvalue weighted by Gasteiger charge is 2.12. The molecular formula is C28H27N5O4S. The minimum absolute atomic E-state index is 0.00710. The molecule has 2 amide bonds. The van der Waals surface area contributed by atoms with Crippen LogP contribution in [-0.2, 0) is 11.2 Å². The van der Waals surface area contributed by atoms with Gasteiger partial charge in [-0.25, -0.2) is 5.43 Å². The SMILES string of the molecule is Cc1ccc(OCCOc2ccc(/C=N\NC(=O)Cc3nnc(NC(=O)c4ccc(C)cc4)s3)cc2)cc1. The zero-order valence-corrected chi connectivity index (χ0v) is 21.8. The van der Waals surface area contributed by atoms with Crippen molar-refractivity contribution >= 4 is 34.5 Å². The van der Waals surface area contributed by atoms with Gasteiger partial charge in [0.15, 0.2) is 0 Å². The van der Waals surface area contributed by atoms with E-state index in [4.69, 9.17) is 9.47 Å². The van der Waals surface area contributed by atoms with Crippen molar-refractivity contribution in [3.05, 3.63) is 100 Å². The third-order valence-corrected chi connectivity index (χ3v) is 6.08. The predicted octanol–water partition coefficient (Wildman–Crippen LogP) is 4.56. The second-order valence-electron chi connectivity index (χ2n) is 8.37. The number of hydrazone groups is 1. The first-order valence-corrected chi connectivity index (χ1v) is 12.7. The first-order chi connectivity index (χ1) is 18.4. The van der Waals surface area contributed by atoms with Crippen LogP contribution in [0.2, 0.25) is 0 Å². The maximum atomic E-state index is 12.3. The quantitative estimate of drug-likeness (QED) is 0.167. The lowest BCUT2D eigenvalue weighted by Crippen LogP contribution is -2.19. The van der Waals surface area contributed by atoms with Crippen LogP contribution in [-0.4, -0.2) is 41.4 Å². The summed E-state index contributed by atoms with van der Waals surface area (Å²) in [6, 6.07) is 22.4. The van der Waals surface area contributed by atoms with Gasteiger partial charge in [0.1, 0.15) is 29.7 Å². The van der Waals surface area contributed by atoms with Gasteiger partial charge in [-0.15, -0.1) is 10.2 Å². The third-order valence-electron chi connectivity index (χ3n) is 5.24. The molecule has 10 heteroatoms. The van der Waals surface area contributed by atoms with Crippen LogP contribution in [0.1, 0.15) is 32.1 Å². The molecule has 3 aromatic carbocycles. The van der Waals surface area contributed by atoms with E-state index in [1.54, 1.807) is 12.1 Å². The maximum absolute atomic E-state index is 12.3. The summed E-state index contributed by atoms with van der Waals surface area (Å²) in [6.45, 7) is 4.83. The minimum Gasteiger partial charge on any atom is -0.490 e. The van der Waals surface area contributed by atoms with Crippen LogP contribution in [0.15, 0.2) is 77.9 Å². The molecule has 0 saturated carbocycles. The van der Waals surface area contributed by atoms with E-state index in [1.807, 2.05) is 74.5 Å². The van der Waals surface area contributed by atoms with Gasteiger partial charge in [0.25, 0.3) is 5.91 Å². The summed E-state index contributed by atoms with van der Waals surface area (Å²) in [4.78, 5) is 24.5. The van der Waals surface area contributed by atoms with Gasteiger partial charge < -0.3 is 9.47 Å². The number of rotatable bonds is 11. The summed E-state index contributed by atoms with van der Waals surface area (Å²) < 4.78 is 11.3. The van der Waals surface area contributed by atoms with Crippen LogP contribution in [0.4, 0.5) is 5.13 Å². The van der Waals surface area contributed by atoms with Gasteiger partial charge in [0.2, 0.25) is 11.0 Å². The molecule has 0 atom stereocenters. The molecule has 0 saturated heterocycles. The number of amides is 2. The lowest BCUT2D eigenvalue weighted by molar-refractivity contribution is -0.120. The van der Waals surface area contributed by atoms with Gasteiger partial charge in [-0.2, -0.15) is 5.10 Å². The lowest BCUT2D eigenvalue weighted by atomic mass is 10.1. The van der Waals surface area contributed by atoms with E-state index >= 15 is 0 Å². The second kappa shape index (κ2) is 13.1. The Morgan fingerprint density at radius 1 is 0.842 bits per heavy atom. The number of aryl methyl sites for hydroxylation is 2. The number of anilines is 1. The molecule has 194 valence electrons. The molecule has 0 bridgehead atoms. The molecule has 0 spiro atoms. The van der Waals surface area contributed by atoms with Crippen molar-refractivity contribution in [3.8, 4) is 11.5 Å². The van der Waals surface area contributed by atoms with Crippen molar-refractivity contribution in [1.82, 2.24) is 15.6 Å². The lowest BCUT2D eigenvalue weighted by Gasteiger charge is -2.08. The number of nitrogens with one attached hydrogen (secondary N) is 2. The fraction of sp³-hybridized carbons (Fsp3) is 0.179. The Labute approximate surface area is 224 Å². The standard InChI is InChI=1S/C28H27N5O4S/c1-19-3-9-22(10-4-19)27(35)30-28-33-32-26(38-28)17-25(34)31-29-18-21-7-13-24(14-8-21)37-16-15-36-23-11-5-20(2)6-12-23/h3-14,18H,15-17H2,1-2H3,(H,31,34)(H,30,33,35)/b29-18-. The number of carbonyl (C=O) groups is 2. The molecule has 1 heterocycles. The van der Waals surface area contributed by atoms with Gasteiger partial charge in [-0.3, -0.25) is 14.9 Å². The van der Waals surface area contributed by atoms with Crippen molar-refractivity contribution in [2.24, 2.45) is 5.10 Å². The average Bonchev–Trinajstić information content (AvgIpc) is 3.35. The van der Waals surface area contributed by atoms with Crippen molar-refractivity contribution in [2.75, 3.05) is 18.5 Å². The summed E-state index contributed by atoms with van der Waals surface area (Å²) in [6.07, 6.45) is 1.53. The van der Waals surface area contributed by atoms with Crippen LogP contribution < -0.4 is 20.2 Å². The van der Waals surface area contributed by atoms with Crippen molar-refractivity contribution in [3.63, 3.8) is 0 Å². The second-order valence-corrected chi connectivity index (χ2v) is 9.43. The highest BCUT2D eigenvalue weighted by Crippen LogP contribution is 2.17. The predicted molar refractivity (Wildman–Crippen MR) is 147 cm³/mol. The Bertz CT molecular complexity index is 1380. The Kier molecular flexibility index (Phi) is 9.14. The molecule has 38 heavy (non-hydrogen) atoms. The Morgan fingerprint density at radius 3 is 2.05 bits per heavy atom. The number of hydrogen-bond donors (Lipinski definition) is 2. The molecule has 0 aliphatic heterocycles. The molecule has 0 radical (unpaired) electrons. The van der Waals surface area contributed by atoms with E-state index in [1.165, 1.54) is 11.8 Å². The van der Waals surface area contributed by atoms with E-state index < -0.39 is 0 Å². The van der Waals surface area contributed by atoms with E-state index in [2.05, 4.69) is 26.0 Å². The van der Waals surface area contributed by atoms with Crippen LogP contribution >= 0.6 is 11.3 Å². The van der Waals surface area contributed by atoms with Gasteiger partial charge in [-0.05, 0) is 67.9 Å². The van der Waals surface area contributed by atoms with Gasteiger partial charge in [-0.1, -0.05) is 46.7 Å². The van der Waals surface area contributed by atoms with E-state index in [0.717, 1.165) is 28.2 Å². The first-order valence-electron chi connectivity index (χ1n) is 11.9. The number of benzene rings is 3. The molecule has 2 N–H and O–H groups in total. The first kappa shape index (κ1) is 26.5. The molecular weight excluding hydrogens is 502 g/mol.